The quantitative estimate of drug-likeness (QED) is 0.715. The van der Waals surface area contributed by atoms with Crippen LogP contribution in [0.1, 0.15) is 31.5 Å². The summed E-state index contributed by atoms with van der Waals surface area (Å²) in [4.78, 5) is 16.9. The van der Waals surface area contributed by atoms with Crippen LogP contribution in [0.4, 0.5) is 8.78 Å². The van der Waals surface area contributed by atoms with E-state index in [4.69, 9.17) is 10.5 Å². The molecular weight excluding hydrogens is 412 g/mol. The van der Waals surface area contributed by atoms with Crippen LogP contribution in [0.15, 0.2) is 48.7 Å². The molecule has 5 nitrogen and oxygen atoms in total. The number of pyridine rings is 1. The lowest BCUT2D eigenvalue weighted by atomic mass is 9.56. The molecule has 1 saturated carbocycles. The van der Waals surface area contributed by atoms with Gasteiger partial charge in [-0.2, -0.15) is 5.26 Å². The Balaban J connectivity index is 1.64. The normalized spacial score (nSPS) is 31.2. The van der Waals surface area contributed by atoms with Gasteiger partial charge < -0.3 is 10.5 Å². The van der Waals surface area contributed by atoms with E-state index in [1.807, 2.05) is 18.2 Å². The number of nitrogens with two attached hydrogens (primary N) is 1. The SMILES string of the molecule is C[C@H]1OC(=O)[C@]2(CN)CC(F)(F)[C@@H](C)[C@H](C=Cc3ccc(-c4ccccc4C#N)cn3)[C@H]12. The number of esters is 1. The summed E-state index contributed by atoms with van der Waals surface area (Å²) in [6.45, 7) is 3.09. The molecule has 1 aromatic carbocycles. The molecule has 2 fully saturated rings. The first-order valence-corrected chi connectivity index (χ1v) is 10.7. The maximum absolute atomic E-state index is 14.9. The zero-order valence-electron chi connectivity index (χ0n) is 18.0. The van der Waals surface area contributed by atoms with Gasteiger partial charge in [0.1, 0.15) is 6.10 Å². The molecule has 5 atom stereocenters. The highest BCUT2D eigenvalue weighted by Gasteiger charge is 2.67. The Morgan fingerprint density at radius 2 is 2.03 bits per heavy atom. The monoisotopic (exact) mass is 437 g/mol. The number of aromatic nitrogens is 1. The van der Waals surface area contributed by atoms with E-state index < -0.39 is 47.6 Å². The van der Waals surface area contributed by atoms with Crippen molar-refractivity contribution in [2.45, 2.75) is 32.3 Å². The van der Waals surface area contributed by atoms with Gasteiger partial charge in [-0.1, -0.05) is 37.3 Å². The van der Waals surface area contributed by atoms with Gasteiger partial charge >= 0.3 is 5.97 Å². The lowest BCUT2D eigenvalue weighted by molar-refractivity contribution is -0.169. The van der Waals surface area contributed by atoms with Crippen LogP contribution in [0.25, 0.3) is 17.2 Å². The number of halogens is 2. The molecule has 1 aromatic heterocycles. The van der Waals surface area contributed by atoms with Crippen molar-refractivity contribution in [2.75, 3.05) is 6.54 Å². The van der Waals surface area contributed by atoms with Crippen LogP contribution in [-0.2, 0) is 9.53 Å². The van der Waals surface area contributed by atoms with E-state index in [9.17, 15) is 18.8 Å². The van der Waals surface area contributed by atoms with E-state index in [0.717, 1.165) is 11.1 Å². The largest absolute Gasteiger partial charge is 0.462 e. The van der Waals surface area contributed by atoms with Crippen molar-refractivity contribution in [1.82, 2.24) is 4.98 Å². The topological polar surface area (TPSA) is 89.0 Å². The van der Waals surface area contributed by atoms with Crippen molar-refractivity contribution in [3.63, 3.8) is 0 Å². The van der Waals surface area contributed by atoms with Gasteiger partial charge in [0.2, 0.25) is 0 Å². The van der Waals surface area contributed by atoms with Crippen LogP contribution < -0.4 is 5.73 Å². The molecule has 1 aliphatic carbocycles. The highest BCUT2D eigenvalue weighted by atomic mass is 19.3. The average Bonchev–Trinajstić information content (AvgIpc) is 3.03. The second-order valence-electron chi connectivity index (χ2n) is 8.79. The van der Waals surface area contributed by atoms with E-state index in [-0.39, 0.29) is 6.54 Å². The second kappa shape index (κ2) is 8.10. The predicted molar refractivity (Wildman–Crippen MR) is 116 cm³/mol. The third-order valence-corrected chi connectivity index (χ3v) is 7.05. The van der Waals surface area contributed by atoms with Gasteiger partial charge in [-0.15, -0.1) is 0 Å². The second-order valence-corrected chi connectivity index (χ2v) is 8.79. The third kappa shape index (κ3) is 3.49. The number of allylic oxidation sites excluding steroid dienone is 1. The van der Waals surface area contributed by atoms with Gasteiger partial charge in [-0.25, -0.2) is 8.78 Å². The number of carbonyl (C=O) groups is 1. The van der Waals surface area contributed by atoms with Crippen LogP contribution in [0.5, 0.6) is 0 Å². The Morgan fingerprint density at radius 3 is 2.69 bits per heavy atom. The molecule has 1 aliphatic heterocycles. The third-order valence-electron chi connectivity index (χ3n) is 7.05. The van der Waals surface area contributed by atoms with E-state index in [1.54, 1.807) is 43.5 Å². The molecule has 0 unspecified atom stereocenters. The summed E-state index contributed by atoms with van der Waals surface area (Å²) in [7, 11) is 0. The molecular formula is C25H25F2N3O2. The maximum atomic E-state index is 14.9. The number of fused-ring (bicyclic) bond motifs is 1. The highest BCUT2D eigenvalue weighted by molar-refractivity contribution is 5.80. The molecule has 166 valence electrons. The minimum atomic E-state index is -3.04. The number of nitrogens with zero attached hydrogens (tertiary/aromatic N) is 2. The minimum absolute atomic E-state index is 0.168. The number of hydrogen-bond donors (Lipinski definition) is 1. The molecule has 2 heterocycles. The van der Waals surface area contributed by atoms with Gasteiger partial charge in [0.25, 0.3) is 5.92 Å². The fourth-order valence-electron chi connectivity index (χ4n) is 5.27. The lowest BCUT2D eigenvalue weighted by Crippen LogP contribution is -2.56. The van der Waals surface area contributed by atoms with Gasteiger partial charge in [0, 0.05) is 42.1 Å². The first-order chi connectivity index (χ1) is 15.2. The molecule has 2 N–H and O–H groups in total. The number of cyclic esters (lactones) is 1. The number of nitriles is 1. The molecule has 32 heavy (non-hydrogen) atoms. The highest BCUT2D eigenvalue weighted by Crippen LogP contribution is 2.58. The zero-order valence-corrected chi connectivity index (χ0v) is 18.0. The maximum Gasteiger partial charge on any atom is 0.314 e. The van der Waals surface area contributed by atoms with E-state index >= 15 is 0 Å². The van der Waals surface area contributed by atoms with Crippen LogP contribution >= 0.6 is 0 Å². The van der Waals surface area contributed by atoms with Gasteiger partial charge in [-0.05, 0) is 31.1 Å². The summed E-state index contributed by atoms with van der Waals surface area (Å²) in [5, 5.41) is 9.30. The number of benzene rings is 1. The van der Waals surface area contributed by atoms with Crippen molar-refractivity contribution in [1.29, 1.82) is 5.26 Å². The first kappa shape index (κ1) is 22.1. The molecule has 1 saturated heterocycles. The van der Waals surface area contributed by atoms with Crippen LogP contribution in [-0.4, -0.2) is 29.5 Å². The van der Waals surface area contributed by atoms with Gasteiger partial charge in [-0.3, -0.25) is 9.78 Å². The van der Waals surface area contributed by atoms with Crippen molar-refractivity contribution in [3.8, 4) is 17.2 Å². The standard InChI is InChI=1S/C25H25F2N3O2/c1-15-20(22-16(2)32-23(31)24(22,14-29)13-25(15,26)27)10-9-19-8-7-18(12-30-19)21-6-4-3-5-17(21)11-28/h3-10,12,15-16,20,22H,13-14,29H2,1-2H3/t15-,16+,20-,22-,24-/m0/s1. The Labute approximate surface area is 185 Å². The van der Waals surface area contributed by atoms with E-state index in [0.29, 0.717) is 11.3 Å². The van der Waals surface area contributed by atoms with E-state index in [1.165, 1.54) is 6.92 Å². The molecule has 4 rings (SSSR count). The van der Waals surface area contributed by atoms with Crippen molar-refractivity contribution in [2.24, 2.45) is 28.9 Å². The fourth-order valence-corrected chi connectivity index (χ4v) is 5.27. The van der Waals surface area contributed by atoms with Crippen LogP contribution in [0.2, 0.25) is 0 Å². The molecule has 0 spiro atoms. The summed E-state index contributed by atoms with van der Waals surface area (Å²) in [6, 6.07) is 13.0. The van der Waals surface area contributed by atoms with E-state index in [2.05, 4.69) is 11.1 Å². The Morgan fingerprint density at radius 1 is 1.28 bits per heavy atom. The summed E-state index contributed by atoms with van der Waals surface area (Å²) in [5.74, 6) is -5.65. The molecule has 0 bridgehead atoms. The Kier molecular flexibility index (Phi) is 5.59. The molecule has 2 aromatic rings. The average molecular weight is 437 g/mol. The van der Waals surface area contributed by atoms with Crippen LogP contribution in [0, 0.1) is 34.5 Å². The Hall–Kier alpha value is -3.11. The van der Waals surface area contributed by atoms with Crippen molar-refractivity contribution < 1.29 is 18.3 Å². The zero-order chi connectivity index (χ0) is 23.1. The van der Waals surface area contributed by atoms with Crippen LogP contribution in [0.3, 0.4) is 0 Å². The first-order valence-electron chi connectivity index (χ1n) is 10.7. The van der Waals surface area contributed by atoms with Gasteiger partial charge in [0.05, 0.1) is 22.7 Å². The molecule has 7 heteroatoms. The fraction of sp³-hybridized carbons (Fsp3) is 0.400. The summed E-state index contributed by atoms with van der Waals surface area (Å²) in [5.41, 5.74) is 7.22. The number of carbonyl (C=O) groups excluding carboxylic acids is 1. The summed E-state index contributed by atoms with van der Waals surface area (Å²) in [6.07, 6.45) is 4.01. The smallest absolute Gasteiger partial charge is 0.314 e. The summed E-state index contributed by atoms with van der Waals surface area (Å²) >= 11 is 0. The number of alkyl halides is 2. The molecule has 0 amide bonds. The van der Waals surface area contributed by atoms with Crippen molar-refractivity contribution >= 4 is 12.0 Å². The molecule has 2 aliphatic rings. The lowest BCUT2D eigenvalue weighted by Gasteiger charge is -2.47. The van der Waals surface area contributed by atoms with Gasteiger partial charge in [0.15, 0.2) is 0 Å². The summed E-state index contributed by atoms with van der Waals surface area (Å²) < 4.78 is 35.2. The number of rotatable bonds is 4. The predicted octanol–water partition coefficient (Wildman–Crippen LogP) is 4.43. The number of ether oxygens (including phenoxy) is 1. The minimum Gasteiger partial charge on any atom is -0.462 e. The number of hydrogen-bond acceptors (Lipinski definition) is 5. The molecule has 0 radical (unpaired) electrons. The Bertz CT molecular complexity index is 1090. The van der Waals surface area contributed by atoms with Crippen molar-refractivity contribution in [3.05, 3.63) is 59.9 Å².